The summed E-state index contributed by atoms with van der Waals surface area (Å²) in [6.45, 7) is 4.66. The Kier molecular flexibility index (Phi) is 8.42. The lowest BCUT2D eigenvalue weighted by Gasteiger charge is -2.06. The molecule has 5 nitrogen and oxygen atoms in total. The molecule has 0 fully saturated rings. The second-order valence-electron chi connectivity index (χ2n) is 7.77. The number of rotatable bonds is 10. The second-order valence-corrected chi connectivity index (χ2v) is 7.77. The first-order chi connectivity index (χ1) is 16.0. The summed E-state index contributed by atoms with van der Waals surface area (Å²) < 4.78 is 5.71. The summed E-state index contributed by atoms with van der Waals surface area (Å²) in [5, 5.41) is 19.4. The lowest BCUT2D eigenvalue weighted by atomic mass is 10.1. The minimum atomic E-state index is -0.0988. The number of nitrogens with zero attached hydrogens (tertiary/aromatic N) is 1. The number of aromatic hydroxyl groups is 2. The van der Waals surface area contributed by atoms with Crippen molar-refractivity contribution in [2.45, 2.75) is 33.1 Å². The monoisotopic (exact) mass is 443 g/mol. The van der Waals surface area contributed by atoms with Crippen molar-refractivity contribution in [2.75, 3.05) is 6.61 Å². The summed E-state index contributed by atoms with van der Waals surface area (Å²) in [7, 11) is 0. The third-order valence-corrected chi connectivity index (χ3v) is 5.14. The van der Waals surface area contributed by atoms with Crippen molar-refractivity contribution in [3.63, 3.8) is 0 Å². The average Bonchev–Trinajstić information content (AvgIpc) is 2.81. The van der Waals surface area contributed by atoms with E-state index < -0.39 is 0 Å². The summed E-state index contributed by atoms with van der Waals surface area (Å²) in [6.07, 6.45) is 6.72. The number of unbranched alkanes of at least 4 members (excludes halogenated alkanes) is 2. The quantitative estimate of drug-likeness (QED) is 0.158. The molecule has 0 aliphatic heterocycles. The molecule has 0 heterocycles. The highest BCUT2D eigenvalue weighted by molar-refractivity contribution is 6.07. The van der Waals surface area contributed by atoms with Crippen molar-refractivity contribution in [1.29, 1.82) is 0 Å². The van der Waals surface area contributed by atoms with Gasteiger partial charge in [-0.1, -0.05) is 38.0 Å². The Hall–Kier alpha value is -3.86. The zero-order chi connectivity index (χ0) is 23.6. The molecule has 0 saturated carbocycles. The first kappa shape index (κ1) is 23.8. The van der Waals surface area contributed by atoms with Gasteiger partial charge in [0.1, 0.15) is 17.2 Å². The van der Waals surface area contributed by atoms with Crippen molar-refractivity contribution in [3.8, 4) is 17.2 Å². The first-order valence-electron chi connectivity index (χ1n) is 11.1. The highest BCUT2D eigenvalue weighted by Crippen LogP contribution is 2.25. The van der Waals surface area contributed by atoms with Crippen LogP contribution in [0.15, 0.2) is 77.8 Å². The highest BCUT2D eigenvalue weighted by Gasteiger charge is 2.07. The van der Waals surface area contributed by atoms with Crippen LogP contribution in [0, 0.1) is 0 Å². The number of carbonyl (C=O) groups excluding carboxylic acids is 1. The number of hydrogen-bond donors (Lipinski definition) is 2. The van der Waals surface area contributed by atoms with Gasteiger partial charge < -0.3 is 14.9 Å². The molecule has 0 atom stereocenters. The number of ether oxygens (including phenoxy) is 1. The number of hydrogen-bond acceptors (Lipinski definition) is 5. The Labute approximate surface area is 194 Å². The summed E-state index contributed by atoms with van der Waals surface area (Å²) in [6, 6.07) is 19.0. The van der Waals surface area contributed by atoms with Gasteiger partial charge in [0, 0.05) is 22.9 Å². The molecule has 3 rings (SSSR count). The molecule has 0 aromatic heterocycles. The van der Waals surface area contributed by atoms with Crippen molar-refractivity contribution in [1.82, 2.24) is 0 Å². The third kappa shape index (κ3) is 7.07. The van der Waals surface area contributed by atoms with E-state index in [9.17, 15) is 15.0 Å². The van der Waals surface area contributed by atoms with Crippen LogP contribution >= 0.6 is 0 Å². The molecular weight excluding hydrogens is 414 g/mol. The van der Waals surface area contributed by atoms with E-state index in [2.05, 4.69) is 11.9 Å². The molecule has 0 amide bonds. The fourth-order valence-electron chi connectivity index (χ4n) is 3.27. The Balaban J connectivity index is 1.60. The van der Waals surface area contributed by atoms with Crippen LogP contribution in [0.1, 0.15) is 54.6 Å². The fraction of sp³-hybridized carbons (Fsp3) is 0.214. The summed E-state index contributed by atoms with van der Waals surface area (Å²) in [4.78, 5) is 17.0. The van der Waals surface area contributed by atoms with Crippen molar-refractivity contribution < 1.29 is 19.7 Å². The van der Waals surface area contributed by atoms with Crippen LogP contribution in [0.25, 0.3) is 6.08 Å². The van der Waals surface area contributed by atoms with E-state index in [0.717, 1.165) is 30.8 Å². The van der Waals surface area contributed by atoms with Gasteiger partial charge in [-0.2, -0.15) is 0 Å². The molecular formula is C28H29NO4. The van der Waals surface area contributed by atoms with Gasteiger partial charge in [0.05, 0.1) is 12.3 Å². The van der Waals surface area contributed by atoms with Crippen LogP contribution < -0.4 is 4.74 Å². The molecule has 33 heavy (non-hydrogen) atoms. The van der Waals surface area contributed by atoms with Crippen molar-refractivity contribution in [2.24, 2.45) is 4.99 Å². The molecule has 0 bridgehead atoms. The smallest absolute Gasteiger partial charge is 0.185 e. The van der Waals surface area contributed by atoms with Gasteiger partial charge in [-0.25, -0.2) is 0 Å². The normalized spacial score (nSPS) is 11.6. The number of allylic oxidation sites excluding steroid dienone is 1. The van der Waals surface area contributed by atoms with E-state index in [1.165, 1.54) is 18.6 Å². The van der Waals surface area contributed by atoms with Crippen LogP contribution in [0.4, 0.5) is 5.69 Å². The van der Waals surface area contributed by atoms with Crippen LogP contribution in [0.3, 0.4) is 0 Å². The number of benzene rings is 3. The summed E-state index contributed by atoms with van der Waals surface area (Å²) in [5.74, 6) is 0.691. The molecule has 0 radical (unpaired) electrons. The summed E-state index contributed by atoms with van der Waals surface area (Å²) in [5.41, 5.74) is 3.29. The maximum Gasteiger partial charge on any atom is 0.185 e. The molecule has 0 unspecified atom stereocenters. The number of aliphatic imine (C=N–C) groups is 1. The number of carbonyl (C=O) groups is 1. The molecule has 5 heteroatoms. The van der Waals surface area contributed by atoms with Gasteiger partial charge in [0.15, 0.2) is 5.78 Å². The lowest BCUT2D eigenvalue weighted by molar-refractivity contribution is 0.104. The van der Waals surface area contributed by atoms with Gasteiger partial charge in [-0.3, -0.25) is 9.79 Å². The van der Waals surface area contributed by atoms with Crippen LogP contribution in [-0.4, -0.2) is 28.3 Å². The predicted molar refractivity (Wildman–Crippen MR) is 133 cm³/mol. The minimum absolute atomic E-state index is 0.00773. The molecule has 170 valence electrons. The topological polar surface area (TPSA) is 79.1 Å². The maximum atomic E-state index is 12.5. The standard InChI is InChI=1S/C28H29NO4/c1-3-4-5-18-33-25-14-6-21(7-15-25)8-17-27(31)22-9-11-23(12-10-22)29-20(2)26-16-13-24(30)19-28(26)32/h6-17,19,30,32H,3-5,18H2,1-2H3. The number of phenolic OH excluding ortho intramolecular Hbond substituents is 2. The SMILES string of the molecule is CCCCCOc1ccc(C=CC(=O)c2ccc(N=C(C)c3ccc(O)cc3O)cc2)cc1. The zero-order valence-electron chi connectivity index (χ0n) is 19.0. The molecule has 3 aromatic rings. The van der Waals surface area contributed by atoms with E-state index in [1.54, 1.807) is 49.4 Å². The Morgan fingerprint density at radius 2 is 1.70 bits per heavy atom. The van der Waals surface area contributed by atoms with Gasteiger partial charge in [-0.05, 0) is 73.5 Å². The molecule has 3 aromatic carbocycles. The molecule has 0 spiro atoms. The van der Waals surface area contributed by atoms with Crippen LogP contribution in [0.2, 0.25) is 0 Å². The third-order valence-electron chi connectivity index (χ3n) is 5.14. The summed E-state index contributed by atoms with van der Waals surface area (Å²) >= 11 is 0. The second kappa shape index (κ2) is 11.7. The Morgan fingerprint density at radius 1 is 0.970 bits per heavy atom. The van der Waals surface area contributed by atoms with Gasteiger partial charge >= 0.3 is 0 Å². The van der Waals surface area contributed by atoms with E-state index >= 15 is 0 Å². The number of ketones is 1. The molecule has 2 N–H and O–H groups in total. The van der Waals surface area contributed by atoms with E-state index in [1.807, 2.05) is 24.3 Å². The van der Waals surface area contributed by atoms with Crippen LogP contribution in [0.5, 0.6) is 17.2 Å². The maximum absolute atomic E-state index is 12.5. The Bertz CT molecular complexity index is 1130. The predicted octanol–water partition coefficient (Wildman–Crippen LogP) is 6.70. The van der Waals surface area contributed by atoms with E-state index in [-0.39, 0.29) is 17.3 Å². The number of phenols is 2. The van der Waals surface area contributed by atoms with E-state index in [0.29, 0.717) is 22.5 Å². The first-order valence-corrected chi connectivity index (χ1v) is 11.1. The zero-order valence-corrected chi connectivity index (χ0v) is 19.0. The van der Waals surface area contributed by atoms with Crippen molar-refractivity contribution in [3.05, 3.63) is 89.5 Å². The molecule has 0 saturated heterocycles. The van der Waals surface area contributed by atoms with Crippen molar-refractivity contribution >= 4 is 23.3 Å². The fourth-order valence-corrected chi connectivity index (χ4v) is 3.27. The van der Waals surface area contributed by atoms with Crippen LogP contribution in [-0.2, 0) is 0 Å². The Morgan fingerprint density at radius 3 is 2.36 bits per heavy atom. The largest absolute Gasteiger partial charge is 0.508 e. The molecule has 0 aliphatic rings. The van der Waals surface area contributed by atoms with Gasteiger partial charge in [-0.15, -0.1) is 0 Å². The van der Waals surface area contributed by atoms with Gasteiger partial charge in [0.25, 0.3) is 0 Å². The minimum Gasteiger partial charge on any atom is -0.508 e. The average molecular weight is 444 g/mol. The van der Waals surface area contributed by atoms with Gasteiger partial charge in [0.2, 0.25) is 0 Å². The highest BCUT2D eigenvalue weighted by atomic mass is 16.5. The lowest BCUT2D eigenvalue weighted by Crippen LogP contribution is -1.96. The van der Waals surface area contributed by atoms with E-state index in [4.69, 9.17) is 4.74 Å². The molecule has 0 aliphatic carbocycles.